The molecule has 3 saturated heterocycles. The number of aryl methyl sites for hydroxylation is 1. The van der Waals surface area contributed by atoms with Gasteiger partial charge in [0.1, 0.15) is 28.2 Å². The van der Waals surface area contributed by atoms with Gasteiger partial charge in [-0.2, -0.15) is 10.2 Å². The van der Waals surface area contributed by atoms with Crippen molar-refractivity contribution in [3.63, 3.8) is 0 Å². The Balaban J connectivity index is 1.63. The molecule has 0 radical (unpaired) electrons. The average Bonchev–Trinajstić information content (AvgIpc) is 3.19. The molecule has 6 rings (SSSR count). The van der Waals surface area contributed by atoms with Gasteiger partial charge in [-0.25, -0.2) is 9.44 Å². The summed E-state index contributed by atoms with van der Waals surface area (Å²) in [4.78, 5) is 7.16. The second-order valence-electron chi connectivity index (χ2n) is 6.38. The Hall–Kier alpha value is -0.960. The van der Waals surface area contributed by atoms with Crippen LogP contribution < -0.4 is 4.90 Å². The van der Waals surface area contributed by atoms with Crippen LogP contribution in [0.3, 0.4) is 0 Å². The van der Waals surface area contributed by atoms with E-state index in [1.165, 1.54) is 0 Å². The maximum Gasteiger partial charge on any atom is 0.139 e. The summed E-state index contributed by atoms with van der Waals surface area (Å²) in [7, 11) is 1.89. The van der Waals surface area contributed by atoms with E-state index in [0.717, 1.165) is 47.7 Å². The van der Waals surface area contributed by atoms with E-state index in [9.17, 15) is 0 Å². The molecule has 130 valence electrons. The fourth-order valence-electron chi connectivity index (χ4n) is 3.59. The zero-order valence-electron chi connectivity index (χ0n) is 13.4. The highest BCUT2D eigenvalue weighted by atomic mass is 127. The van der Waals surface area contributed by atoms with Gasteiger partial charge in [-0.05, 0) is 28.1 Å². The van der Waals surface area contributed by atoms with E-state index in [0.29, 0.717) is 23.6 Å². The van der Waals surface area contributed by atoms with Crippen molar-refractivity contribution in [3.05, 3.63) is 23.4 Å². The molecular formula is C15H15ClIN6OP. The van der Waals surface area contributed by atoms with Crippen LogP contribution in [0.15, 0.2) is 18.3 Å². The number of nitrogens with zero attached hydrogens (tertiary/aromatic N) is 6. The fourth-order valence-corrected chi connectivity index (χ4v) is 4.98. The van der Waals surface area contributed by atoms with Gasteiger partial charge in [-0.15, -0.1) is 0 Å². The maximum atomic E-state index is 6.58. The number of rotatable bonds is 3. The number of hydrogen-bond acceptors (Lipinski definition) is 5. The molecular weight excluding hydrogens is 474 g/mol. The third kappa shape index (κ3) is 2.65. The van der Waals surface area contributed by atoms with Gasteiger partial charge in [0.15, 0.2) is 0 Å². The summed E-state index contributed by atoms with van der Waals surface area (Å²) in [5.41, 5.74) is 3.23. The van der Waals surface area contributed by atoms with Crippen LogP contribution in [0.4, 0.5) is 5.82 Å². The van der Waals surface area contributed by atoms with Crippen LogP contribution in [-0.4, -0.2) is 49.6 Å². The zero-order valence-corrected chi connectivity index (χ0v) is 17.3. The van der Waals surface area contributed by atoms with Gasteiger partial charge in [-0.1, -0.05) is 11.6 Å². The molecule has 3 aliphatic rings. The van der Waals surface area contributed by atoms with E-state index in [4.69, 9.17) is 21.3 Å². The Labute approximate surface area is 164 Å². The topological polar surface area (TPSA) is 61.0 Å². The van der Waals surface area contributed by atoms with Gasteiger partial charge in [0.25, 0.3) is 0 Å². The first-order valence-corrected chi connectivity index (χ1v) is 12.4. The molecule has 0 spiro atoms. The SMILES string of the molecule is Cn1nc(-c2ccn(PI)n2)c2nc(N3CC4CC(C3)O4)cc(Cl)c21. The van der Waals surface area contributed by atoms with E-state index in [1.807, 2.05) is 29.8 Å². The minimum absolute atomic E-state index is 0.323. The van der Waals surface area contributed by atoms with Crippen molar-refractivity contribution in [2.75, 3.05) is 18.0 Å². The molecule has 0 saturated carbocycles. The van der Waals surface area contributed by atoms with Crippen molar-refractivity contribution >= 4 is 56.9 Å². The molecule has 3 atom stereocenters. The van der Waals surface area contributed by atoms with Gasteiger partial charge in [-0.3, -0.25) is 4.68 Å². The van der Waals surface area contributed by atoms with Crippen molar-refractivity contribution in [1.29, 1.82) is 0 Å². The van der Waals surface area contributed by atoms with Crippen molar-refractivity contribution in [1.82, 2.24) is 24.3 Å². The number of hydrogen-bond donors (Lipinski definition) is 0. The van der Waals surface area contributed by atoms with Crippen LogP contribution in [-0.2, 0) is 11.8 Å². The monoisotopic (exact) mass is 488 g/mol. The number of morpholine rings is 1. The minimum atomic E-state index is 0.323. The first kappa shape index (κ1) is 16.2. The molecule has 3 aromatic heterocycles. The number of fused-ring (bicyclic) bond motifs is 3. The lowest BCUT2D eigenvalue weighted by Gasteiger charge is -2.47. The molecule has 0 amide bonds. The zero-order chi connectivity index (χ0) is 17.1. The van der Waals surface area contributed by atoms with Crippen molar-refractivity contribution in [2.24, 2.45) is 7.05 Å². The quantitative estimate of drug-likeness (QED) is 0.418. The summed E-state index contributed by atoms with van der Waals surface area (Å²) in [6.45, 7) is 1.73. The molecule has 6 heterocycles. The predicted molar refractivity (Wildman–Crippen MR) is 108 cm³/mol. The number of anilines is 1. The van der Waals surface area contributed by atoms with Crippen LogP contribution in [0.2, 0.25) is 5.02 Å². The summed E-state index contributed by atoms with van der Waals surface area (Å²) in [6.07, 6.45) is 4.31. The van der Waals surface area contributed by atoms with Crippen LogP contribution >= 0.6 is 40.0 Å². The van der Waals surface area contributed by atoms with E-state index in [-0.39, 0.29) is 0 Å². The molecule has 0 aromatic carbocycles. The summed E-state index contributed by atoms with van der Waals surface area (Å²) in [5.74, 6) is 0.889. The fraction of sp³-hybridized carbons (Fsp3) is 0.400. The molecule has 10 heteroatoms. The lowest BCUT2D eigenvalue weighted by Crippen LogP contribution is -2.57. The highest BCUT2D eigenvalue weighted by Gasteiger charge is 2.39. The highest BCUT2D eigenvalue weighted by molar-refractivity contribution is 14.2. The van der Waals surface area contributed by atoms with Crippen LogP contribution in [0.1, 0.15) is 6.42 Å². The number of halogens is 2. The molecule has 2 bridgehead atoms. The second-order valence-corrected chi connectivity index (χ2v) is 8.86. The van der Waals surface area contributed by atoms with Crippen molar-refractivity contribution in [3.8, 4) is 11.4 Å². The molecule has 7 nitrogen and oxygen atoms in total. The third-order valence-corrected chi connectivity index (χ3v) is 6.92. The molecule has 25 heavy (non-hydrogen) atoms. The van der Waals surface area contributed by atoms with E-state index in [1.54, 1.807) is 4.68 Å². The largest absolute Gasteiger partial charge is 0.371 e. The van der Waals surface area contributed by atoms with Gasteiger partial charge >= 0.3 is 0 Å². The molecule has 3 aliphatic heterocycles. The number of piperidine rings is 1. The van der Waals surface area contributed by atoms with E-state index >= 15 is 0 Å². The molecule has 0 N–H and O–H groups in total. The first-order chi connectivity index (χ1) is 12.1. The summed E-state index contributed by atoms with van der Waals surface area (Å²) >= 11 is 8.89. The smallest absolute Gasteiger partial charge is 0.139 e. The van der Waals surface area contributed by atoms with Gasteiger partial charge in [0.2, 0.25) is 0 Å². The Bertz CT molecular complexity index is 958. The summed E-state index contributed by atoms with van der Waals surface area (Å²) < 4.78 is 9.41. The Morgan fingerprint density at radius 3 is 2.76 bits per heavy atom. The average molecular weight is 489 g/mol. The molecule has 0 aliphatic carbocycles. The van der Waals surface area contributed by atoms with Gasteiger partial charge < -0.3 is 9.64 Å². The van der Waals surface area contributed by atoms with Crippen molar-refractivity contribution in [2.45, 2.75) is 18.6 Å². The van der Waals surface area contributed by atoms with Crippen LogP contribution in [0.25, 0.3) is 22.4 Å². The maximum absolute atomic E-state index is 6.58. The number of ether oxygens (including phenoxy) is 1. The number of pyridine rings is 1. The molecule has 3 unspecified atom stereocenters. The lowest BCUT2D eigenvalue weighted by atomic mass is 9.99. The number of aromatic nitrogens is 5. The van der Waals surface area contributed by atoms with Gasteiger partial charge in [0.05, 0.1) is 23.6 Å². The minimum Gasteiger partial charge on any atom is -0.371 e. The Morgan fingerprint density at radius 2 is 2.08 bits per heavy atom. The third-order valence-electron chi connectivity index (χ3n) is 4.73. The normalized spacial score (nSPS) is 22.9. The van der Waals surface area contributed by atoms with Crippen molar-refractivity contribution < 1.29 is 4.74 Å². The molecule has 3 aromatic rings. The Morgan fingerprint density at radius 1 is 1.32 bits per heavy atom. The van der Waals surface area contributed by atoms with Crippen LogP contribution in [0.5, 0.6) is 0 Å². The predicted octanol–water partition coefficient (Wildman–Crippen LogP) is 3.25. The first-order valence-electron chi connectivity index (χ1n) is 7.98. The van der Waals surface area contributed by atoms with Crippen LogP contribution in [0, 0.1) is 0 Å². The van der Waals surface area contributed by atoms with E-state index in [2.05, 4.69) is 37.1 Å². The summed E-state index contributed by atoms with van der Waals surface area (Å²) in [5, 5.41) is 9.88. The molecule has 3 fully saturated rings. The van der Waals surface area contributed by atoms with E-state index < -0.39 is 0 Å². The standard InChI is InChI=1S/C15H15ClIN6OP/c1-21-15-10(16)5-12(22-6-8-4-9(7-22)24-8)18-14(15)13(20-21)11-2-3-23(19-11)25-17/h2-3,5,8-9,25H,4,6-7H2,1H3. The lowest BCUT2D eigenvalue weighted by molar-refractivity contribution is -0.133. The highest BCUT2D eigenvalue weighted by Crippen LogP contribution is 2.36. The second kappa shape index (κ2) is 6.04. The Kier molecular flexibility index (Phi) is 3.92. The van der Waals surface area contributed by atoms with Gasteiger partial charge in [0, 0.05) is 38.8 Å². The summed E-state index contributed by atoms with van der Waals surface area (Å²) in [6, 6.07) is 3.91.